The molecule has 0 amide bonds. The van der Waals surface area contributed by atoms with Crippen LogP contribution in [0.4, 0.5) is 0 Å². The lowest BCUT2D eigenvalue weighted by molar-refractivity contribution is 0.0218. The number of aliphatic hydroxyl groups excluding tert-OH is 2. The Morgan fingerprint density at radius 2 is 2.35 bits per heavy atom. The number of aliphatic hydroxyl groups is 2. The Morgan fingerprint density at radius 1 is 1.53 bits per heavy atom. The van der Waals surface area contributed by atoms with Crippen LogP contribution in [-0.4, -0.2) is 37.8 Å². The largest absolute Gasteiger partial charge is 0.390 e. The van der Waals surface area contributed by atoms with Crippen molar-refractivity contribution in [3.8, 4) is 0 Å². The van der Waals surface area contributed by atoms with Crippen molar-refractivity contribution >= 4 is 11.2 Å². The summed E-state index contributed by atoms with van der Waals surface area (Å²) >= 11 is 0. The summed E-state index contributed by atoms with van der Waals surface area (Å²) in [5, 5.41) is 22.5. The van der Waals surface area contributed by atoms with Crippen molar-refractivity contribution in [2.45, 2.75) is 12.2 Å². The van der Waals surface area contributed by atoms with Crippen LogP contribution in [0.1, 0.15) is 11.8 Å². The molecular weight excluding hydrogens is 224 g/mol. The van der Waals surface area contributed by atoms with E-state index in [0.29, 0.717) is 11.2 Å². The van der Waals surface area contributed by atoms with Gasteiger partial charge in [0.05, 0.1) is 24.5 Å². The van der Waals surface area contributed by atoms with Gasteiger partial charge in [-0.05, 0) is 11.6 Å². The number of aromatic amines is 1. The molecule has 0 aliphatic carbocycles. The second kappa shape index (κ2) is 4.79. The van der Waals surface area contributed by atoms with Crippen molar-refractivity contribution in [3.05, 3.63) is 34.6 Å². The van der Waals surface area contributed by atoms with E-state index in [1.807, 2.05) is 0 Å². The van der Waals surface area contributed by atoms with Crippen molar-refractivity contribution < 1.29 is 10.2 Å². The highest BCUT2D eigenvalue weighted by molar-refractivity contribution is 5.69. The first-order chi connectivity index (χ1) is 8.22. The van der Waals surface area contributed by atoms with Gasteiger partial charge in [0.2, 0.25) is 0 Å². The van der Waals surface area contributed by atoms with Crippen molar-refractivity contribution in [2.24, 2.45) is 5.11 Å². The van der Waals surface area contributed by atoms with E-state index in [0.717, 1.165) is 0 Å². The van der Waals surface area contributed by atoms with Crippen molar-refractivity contribution in [1.29, 1.82) is 0 Å². The van der Waals surface area contributed by atoms with Crippen molar-refractivity contribution in [1.82, 2.24) is 15.0 Å². The SMILES string of the molecule is [N-]=[N+]=NCC(O)C(O)c1cnc2[nH]ccc2n1. The normalized spacial score (nSPS) is 14.2. The van der Waals surface area contributed by atoms with Gasteiger partial charge in [0.15, 0.2) is 5.65 Å². The van der Waals surface area contributed by atoms with E-state index in [9.17, 15) is 10.2 Å². The van der Waals surface area contributed by atoms with Crippen LogP contribution in [-0.2, 0) is 0 Å². The second-order valence-corrected chi connectivity index (χ2v) is 3.43. The van der Waals surface area contributed by atoms with E-state index in [2.05, 4.69) is 25.0 Å². The number of nitrogens with one attached hydrogen (secondary N) is 1. The molecule has 0 fully saturated rings. The van der Waals surface area contributed by atoms with E-state index < -0.39 is 12.2 Å². The van der Waals surface area contributed by atoms with Gasteiger partial charge in [0.25, 0.3) is 0 Å². The molecule has 8 nitrogen and oxygen atoms in total. The van der Waals surface area contributed by atoms with Gasteiger partial charge in [0, 0.05) is 11.1 Å². The molecule has 0 aliphatic rings. The zero-order valence-electron chi connectivity index (χ0n) is 8.72. The quantitative estimate of drug-likeness (QED) is 0.407. The van der Waals surface area contributed by atoms with Gasteiger partial charge in [-0.3, -0.25) is 0 Å². The van der Waals surface area contributed by atoms with Crippen LogP contribution in [0.2, 0.25) is 0 Å². The number of aromatic nitrogens is 3. The first-order valence-electron chi connectivity index (χ1n) is 4.89. The average Bonchev–Trinajstić information content (AvgIpc) is 2.81. The second-order valence-electron chi connectivity index (χ2n) is 3.43. The molecule has 2 rings (SSSR count). The van der Waals surface area contributed by atoms with E-state index in [-0.39, 0.29) is 12.2 Å². The topological polar surface area (TPSA) is 131 Å². The zero-order valence-corrected chi connectivity index (χ0v) is 8.72. The van der Waals surface area contributed by atoms with Crippen LogP contribution in [0.5, 0.6) is 0 Å². The van der Waals surface area contributed by atoms with Crippen LogP contribution in [0, 0.1) is 0 Å². The number of hydrogen-bond acceptors (Lipinski definition) is 5. The number of nitrogens with zero attached hydrogens (tertiary/aromatic N) is 5. The van der Waals surface area contributed by atoms with Crippen LogP contribution >= 0.6 is 0 Å². The molecular formula is C9H10N6O2. The fraction of sp³-hybridized carbons (Fsp3) is 0.333. The Hall–Kier alpha value is -2.15. The highest BCUT2D eigenvalue weighted by atomic mass is 16.3. The summed E-state index contributed by atoms with van der Waals surface area (Å²) in [6.45, 7) is -0.218. The lowest BCUT2D eigenvalue weighted by Crippen LogP contribution is -2.22. The lowest BCUT2D eigenvalue weighted by atomic mass is 10.1. The summed E-state index contributed by atoms with van der Waals surface area (Å²) in [7, 11) is 0. The molecule has 8 heteroatoms. The first kappa shape index (κ1) is 11.3. The number of azide groups is 1. The van der Waals surface area contributed by atoms with Gasteiger partial charge >= 0.3 is 0 Å². The number of rotatable bonds is 4. The minimum absolute atomic E-state index is 0.218. The lowest BCUT2D eigenvalue weighted by Gasteiger charge is -2.14. The first-order valence-corrected chi connectivity index (χ1v) is 4.89. The molecule has 0 saturated heterocycles. The van der Waals surface area contributed by atoms with Crippen molar-refractivity contribution in [3.63, 3.8) is 0 Å². The van der Waals surface area contributed by atoms with Gasteiger partial charge in [0.1, 0.15) is 11.6 Å². The van der Waals surface area contributed by atoms with E-state index in [4.69, 9.17) is 5.53 Å². The maximum Gasteiger partial charge on any atom is 0.156 e. The maximum absolute atomic E-state index is 9.77. The monoisotopic (exact) mass is 234 g/mol. The summed E-state index contributed by atoms with van der Waals surface area (Å²) in [4.78, 5) is 13.5. The fourth-order valence-corrected chi connectivity index (χ4v) is 1.40. The van der Waals surface area contributed by atoms with E-state index in [1.165, 1.54) is 6.20 Å². The van der Waals surface area contributed by atoms with Crippen LogP contribution in [0.15, 0.2) is 23.6 Å². The Kier molecular flexibility index (Phi) is 3.20. The third-order valence-electron chi connectivity index (χ3n) is 2.28. The van der Waals surface area contributed by atoms with Gasteiger partial charge < -0.3 is 15.2 Å². The standard InChI is InChI=1S/C9H10N6O2/c10-15-13-4-7(16)8(17)6-3-12-9-5(14-6)1-2-11-9/h1-3,7-8,16-17H,4H2,(H,11,12). The third kappa shape index (κ3) is 2.34. The minimum atomic E-state index is -1.23. The molecule has 0 bridgehead atoms. The molecule has 3 N–H and O–H groups in total. The van der Waals surface area contributed by atoms with E-state index >= 15 is 0 Å². The summed E-state index contributed by atoms with van der Waals surface area (Å²) in [6.07, 6.45) is 0.615. The smallest absolute Gasteiger partial charge is 0.156 e. The molecule has 2 heterocycles. The number of H-pyrrole nitrogens is 1. The van der Waals surface area contributed by atoms with Gasteiger partial charge in [-0.25, -0.2) is 9.97 Å². The fourth-order valence-electron chi connectivity index (χ4n) is 1.40. The van der Waals surface area contributed by atoms with Gasteiger partial charge in [-0.15, -0.1) is 0 Å². The Labute approximate surface area is 95.6 Å². The molecule has 0 aliphatic heterocycles. The summed E-state index contributed by atoms with van der Waals surface area (Å²) in [6, 6.07) is 1.71. The zero-order chi connectivity index (χ0) is 12.3. The highest BCUT2D eigenvalue weighted by Crippen LogP contribution is 2.16. The molecule has 2 aromatic heterocycles. The summed E-state index contributed by atoms with van der Waals surface area (Å²) in [5.41, 5.74) is 9.55. The minimum Gasteiger partial charge on any atom is -0.390 e. The van der Waals surface area contributed by atoms with Crippen LogP contribution in [0.3, 0.4) is 0 Å². The average molecular weight is 234 g/mol. The predicted molar refractivity (Wildman–Crippen MR) is 58.9 cm³/mol. The Morgan fingerprint density at radius 3 is 3.12 bits per heavy atom. The molecule has 0 saturated carbocycles. The summed E-state index contributed by atoms with van der Waals surface area (Å²) in [5.74, 6) is 0. The van der Waals surface area contributed by atoms with Crippen molar-refractivity contribution in [2.75, 3.05) is 6.54 Å². The van der Waals surface area contributed by atoms with E-state index in [1.54, 1.807) is 12.3 Å². The molecule has 2 atom stereocenters. The number of hydrogen-bond donors (Lipinski definition) is 3. The molecule has 2 unspecified atom stereocenters. The summed E-state index contributed by atoms with van der Waals surface area (Å²) < 4.78 is 0. The molecule has 0 spiro atoms. The molecule has 17 heavy (non-hydrogen) atoms. The molecule has 0 aromatic carbocycles. The molecule has 0 radical (unpaired) electrons. The van der Waals surface area contributed by atoms with Crippen LogP contribution < -0.4 is 0 Å². The van der Waals surface area contributed by atoms with Gasteiger partial charge in [-0.1, -0.05) is 5.11 Å². The van der Waals surface area contributed by atoms with Crippen LogP contribution in [0.25, 0.3) is 21.6 Å². The predicted octanol–water partition coefficient (Wildman–Crippen LogP) is 0.662. The number of fused-ring (bicyclic) bond motifs is 1. The Balaban J connectivity index is 2.22. The van der Waals surface area contributed by atoms with Gasteiger partial charge in [-0.2, -0.15) is 0 Å². The molecule has 88 valence electrons. The Bertz CT molecular complexity index is 561. The molecule has 2 aromatic rings. The third-order valence-corrected chi connectivity index (χ3v) is 2.28. The highest BCUT2D eigenvalue weighted by Gasteiger charge is 2.19. The maximum atomic E-state index is 9.77.